The molecule has 0 saturated carbocycles. The number of para-hydroxylation sites is 1. The van der Waals surface area contributed by atoms with Crippen molar-refractivity contribution in [1.29, 1.82) is 0 Å². The summed E-state index contributed by atoms with van der Waals surface area (Å²) in [6, 6.07) is 11.2. The van der Waals surface area contributed by atoms with Gasteiger partial charge < -0.3 is 5.11 Å². The second-order valence-electron chi connectivity index (χ2n) is 6.37. The fourth-order valence-corrected chi connectivity index (χ4v) is 4.56. The van der Waals surface area contributed by atoms with Crippen LogP contribution in [0.1, 0.15) is 28.5 Å². The van der Waals surface area contributed by atoms with Gasteiger partial charge in [0.2, 0.25) is 5.88 Å². The van der Waals surface area contributed by atoms with Gasteiger partial charge in [0.25, 0.3) is 0 Å². The summed E-state index contributed by atoms with van der Waals surface area (Å²) in [5.41, 5.74) is 4.58. The SMILES string of the molecule is CCc1cccc2c1N=CC2=Cc1sc(=O)n(Cc2c(Cl)cccc2Cl)c1O. The topological polar surface area (TPSA) is 54.6 Å². The highest BCUT2D eigenvalue weighted by Crippen LogP contribution is 2.37. The Bertz CT molecular complexity index is 1170. The van der Waals surface area contributed by atoms with Crippen LogP contribution >= 0.6 is 34.5 Å². The Labute approximate surface area is 176 Å². The molecule has 0 saturated heterocycles. The summed E-state index contributed by atoms with van der Waals surface area (Å²) in [5.74, 6) is -0.105. The lowest BCUT2D eigenvalue weighted by Crippen LogP contribution is -2.13. The summed E-state index contributed by atoms with van der Waals surface area (Å²) < 4.78 is 1.28. The Kier molecular flexibility index (Phi) is 5.15. The van der Waals surface area contributed by atoms with Crippen molar-refractivity contribution in [2.45, 2.75) is 19.9 Å². The van der Waals surface area contributed by atoms with Crippen LogP contribution < -0.4 is 4.87 Å². The van der Waals surface area contributed by atoms with Crippen LogP contribution in [0, 0.1) is 0 Å². The predicted molar refractivity (Wildman–Crippen MR) is 118 cm³/mol. The number of aromatic nitrogens is 1. The van der Waals surface area contributed by atoms with Crippen molar-refractivity contribution < 1.29 is 5.11 Å². The first-order chi connectivity index (χ1) is 13.5. The summed E-state index contributed by atoms with van der Waals surface area (Å²) in [4.78, 5) is 17.2. The molecule has 142 valence electrons. The van der Waals surface area contributed by atoms with E-state index in [1.165, 1.54) is 10.1 Å². The van der Waals surface area contributed by atoms with Gasteiger partial charge in [-0.05, 0) is 30.2 Å². The van der Waals surface area contributed by atoms with Gasteiger partial charge in [-0.25, -0.2) is 0 Å². The molecule has 2 aromatic carbocycles. The Hall–Kier alpha value is -2.34. The number of aromatic hydroxyl groups is 1. The molecule has 0 radical (unpaired) electrons. The lowest BCUT2D eigenvalue weighted by Gasteiger charge is -2.08. The van der Waals surface area contributed by atoms with E-state index in [2.05, 4.69) is 18.0 Å². The van der Waals surface area contributed by atoms with Crippen molar-refractivity contribution >= 4 is 58.1 Å². The number of fused-ring (bicyclic) bond motifs is 1. The van der Waals surface area contributed by atoms with Gasteiger partial charge in [-0.3, -0.25) is 14.4 Å². The van der Waals surface area contributed by atoms with E-state index in [9.17, 15) is 9.90 Å². The third kappa shape index (κ3) is 3.30. The molecule has 3 aromatic rings. The highest BCUT2D eigenvalue weighted by Gasteiger charge is 2.19. The highest BCUT2D eigenvalue weighted by molar-refractivity contribution is 7.10. The maximum atomic E-state index is 12.5. The first kappa shape index (κ1) is 19.0. The van der Waals surface area contributed by atoms with E-state index in [-0.39, 0.29) is 17.3 Å². The van der Waals surface area contributed by atoms with Crippen molar-refractivity contribution in [2.24, 2.45) is 4.99 Å². The summed E-state index contributed by atoms with van der Waals surface area (Å²) >= 11 is 13.4. The summed E-state index contributed by atoms with van der Waals surface area (Å²) in [6.45, 7) is 2.19. The maximum absolute atomic E-state index is 12.5. The van der Waals surface area contributed by atoms with Crippen LogP contribution in [-0.4, -0.2) is 15.9 Å². The number of rotatable bonds is 4. The van der Waals surface area contributed by atoms with Gasteiger partial charge >= 0.3 is 4.87 Å². The zero-order valence-electron chi connectivity index (χ0n) is 14.9. The number of thiazole rings is 1. The van der Waals surface area contributed by atoms with E-state index in [0.29, 0.717) is 20.5 Å². The quantitative estimate of drug-likeness (QED) is 0.569. The Balaban J connectivity index is 1.74. The van der Waals surface area contributed by atoms with Crippen molar-refractivity contribution in [2.75, 3.05) is 0 Å². The Morgan fingerprint density at radius 1 is 1.18 bits per heavy atom. The molecule has 0 amide bonds. The van der Waals surface area contributed by atoms with E-state index in [4.69, 9.17) is 23.2 Å². The molecule has 1 aliphatic rings. The number of aliphatic imine (C=N–C) groups is 1. The van der Waals surface area contributed by atoms with E-state index < -0.39 is 0 Å². The minimum atomic E-state index is -0.280. The van der Waals surface area contributed by atoms with Gasteiger partial charge in [0, 0.05) is 33.0 Å². The lowest BCUT2D eigenvalue weighted by molar-refractivity contribution is 0.420. The van der Waals surface area contributed by atoms with Crippen LogP contribution in [0.15, 0.2) is 46.2 Å². The molecule has 0 atom stereocenters. The Morgan fingerprint density at radius 3 is 2.61 bits per heavy atom. The monoisotopic (exact) mass is 430 g/mol. The number of benzene rings is 2. The van der Waals surface area contributed by atoms with Gasteiger partial charge in [0.15, 0.2) is 0 Å². The number of allylic oxidation sites excluding steroid dienone is 1. The average molecular weight is 431 g/mol. The van der Waals surface area contributed by atoms with Crippen LogP contribution in [-0.2, 0) is 13.0 Å². The summed E-state index contributed by atoms with van der Waals surface area (Å²) in [6.07, 6.45) is 4.45. The average Bonchev–Trinajstić information content (AvgIpc) is 3.20. The molecule has 4 rings (SSSR count). The van der Waals surface area contributed by atoms with Crippen molar-refractivity contribution in [3.8, 4) is 5.88 Å². The molecular formula is C21H16Cl2N2O2S. The lowest BCUT2D eigenvalue weighted by atomic mass is 10.0. The van der Waals surface area contributed by atoms with Crippen molar-refractivity contribution in [3.63, 3.8) is 0 Å². The molecule has 0 spiro atoms. The molecule has 2 heterocycles. The number of nitrogens with zero attached hydrogens (tertiary/aromatic N) is 2. The zero-order chi connectivity index (χ0) is 19.8. The third-order valence-corrected chi connectivity index (χ3v) is 6.33. The van der Waals surface area contributed by atoms with Crippen LogP contribution in [0.25, 0.3) is 11.6 Å². The normalized spacial score (nSPS) is 14.0. The molecule has 28 heavy (non-hydrogen) atoms. The smallest absolute Gasteiger partial charge is 0.310 e. The standard InChI is InChI=1S/C21H16Cl2N2O2S/c1-2-12-5-3-6-14-13(10-24-19(12)14)9-18-20(26)25(21(27)28-18)11-15-16(22)7-4-8-17(15)23/h3-10,26H,2,11H2,1H3. The van der Waals surface area contributed by atoms with Gasteiger partial charge in [-0.15, -0.1) is 0 Å². The second kappa shape index (κ2) is 7.59. The summed E-state index contributed by atoms with van der Waals surface area (Å²) in [7, 11) is 0. The molecule has 0 unspecified atom stereocenters. The molecule has 4 nitrogen and oxygen atoms in total. The third-order valence-electron chi connectivity index (χ3n) is 4.70. The van der Waals surface area contributed by atoms with Gasteiger partial charge in [0.1, 0.15) is 0 Å². The number of aryl methyl sites for hydroxylation is 1. The predicted octanol–water partition coefficient (Wildman–Crippen LogP) is 5.79. The molecule has 1 N–H and O–H groups in total. The number of halogens is 2. The van der Waals surface area contributed by atoms with Crippen LogP contribution in [0.4, 0.5) is 5.69 Å². The molecule has 0 fully saturated rings. The van der Waals surface area contributed by atoms with Crippen LogP contribution in [0.5, 0.6) is 5.88 Å². The molecule has 1 aliphatic heterocycles. The van der Waals surface area contributed by atoms with E-state index in [0.717, 1.165) is 34.6 Å². The Morgan fingerprint density at radius 2 is 1.89 bits per heavy atom. The fourth-order valence-electron chi connectivity index (χ4n) is 3.21. The van der Waals surface area contributed by atoms with Crippen molar-refractivity contribution in [1.82, 2.24) is 4.57 Å². The minimum Gasteiger partial charge on any atom is -0.493 e. The van der Waals surface area contributed by atoms with Gasteiger partial charge in [-0.1, -0.05) is 65.7 Å². The maximum Gasteiger partial charge on any atom is 0.310 e. The van der Waals surface area contributed by atoms with Gasteiger partial charge in [0.05, 0.1) is 17.1 Å². The van der Waals surface area contributed by atoms with Gasteiger partial charge in [-0.2, -0.15) is 0 Å². The first-order valence-corrected chi connectivity index (χ1v) is 10.3. The van der Waals surface area contributed by atoms with Crippen LogP contribution in [0.2, 0.25) is 10.0 Å². The van der Waals surface area contributed by atoms with E-state index in [1.807, 2.05) is 12.1 Å². The largest absolute Gasteiger partial charge is 0.493 e. The fraction of sp³-hybridized carbons (Fsp3) is 0.143. The summed E-state index contributed by atoms with van der Waals surface area (Å²) in [5, 5.41) is 11.6. The first-order valence-electron chi connectivity index (χ1n) is 8.73. The number of hydrogen-bond acceptors (Lipinski definition) is 4. The molecular weight excluding hydrogens is 415 g/mol. The molecule has 1 aromatic heterocycles. The highest BCUT2D eigenvalue weighted by atomic mass is 35.5. The number of hydrogen-bond donors (Lipinski definition) is 1. The molecule has 7 heteroatoms. The zero-order valence-corrected chi connectivity index (χ0v) is 17.3. The van der Waals surface area contributed by atoms with Crippen molar-refractivity contribution in [3.05, 3.63) is 77.7 Å². The molecule has 0 bridgehead atoms. The van der Waals surface area contributed by atoms with Crippen LogP contribution in [0.3, 0.4) is 0 Å². The van der Waals surface area contributed by atoms with E-state index in [1.54, 1.807) is 30.5 Å². The minimum absolute atomic E-state index is 0.105. The molecule has 0 aliphatic carbocycles. The second-order valence-corrected chi connectivity index (χ2v) is 8.17. The van der Waals surface area contributed by atoms with E-state index >= 15 is 0 Å².